The second kappa shape index (κ2) is 12.7. The average Bonchev–Trinajstić information content (AvgIpc) is 3.43. The molecule has 0 atom stereocenters. The number of phenols is 1. The molecule has 0 unspecified atom stereocenters. The van der Waals surface area contributed by atoms with Crippen molar-refractivity contribution in [2.45, 2.75) is 66.2 Å². The predicted octanol–water partition coefficient (Wildman–Crippen LogP) is 12.2. The lowest BCUT2D eigenvalue weighted by molar-refractivity contribution is 0.446. The second-order valence-electron chi connectivity index (χ2n) is 15.9. The first kappa shape index (κ1) is 34.0. The van der Waals surface area contributed by atoms with Gasteiger partial charge in [-0.2, -0.15) is 0 Å². The molecule has 0 aliphatic heterocycles. The Bertz CT molecular complexity index is 2400. The molecule has 1 N–H and O–H groups in total. The van der Waals surface area contributed by atoms with Crippen molar-refractivity contribution >= 4 is 11.0 Å². The van der Waals surface area contributed by atoms with Gasteiger partial charge in [0.05, 0.1) is 22.3 Å². The number of imidazole rings is 1. The fraction of sp³-hybridized carbons (Fsp3) is 0.234. The van der Waals surface area contributed by atoms with Crippen LogP contribution in [0.25, 0.3) is 67.1 Å². The van der Waals surface area contributed by atoms with Gasteiger partial charge in [-0.15, -0.1) is 0 Å². The highest BCUT2D eigenvalue weighted by atomic mass is 16.3. The van der Waals surface area contributed by atoms with Crippen molar-refractivity contribution in [3.63, 3.8) is 0 Å². The maximum atomic E-state index is 11.8. The van der Waals surface area contributed by atoms with Gasteiger partial charge in [0.1, 0.15) is 11.6 Å². The van der Waals surface area contributed by atoms with E-state index in [2.05, 4.69) is 163 Å². The van der Waals surface area contributed by atoms with Gasteiger partial charge in [-0.3, -0.25) is 4.98 Å². The van der Waals surface area contributed by atoms with Gasteiger partial charge < -0.3 is 9.67 Å². The third-order valence-corrected chi connectivity index (χ3v) is 10.1. The highest BCUT2D eigenvalue weighted by Gasteiger charge is 2.27. The van der Waals surface area contributed by atoms with Gasteiger partial charge in [-0.05, 0) is 112 Å². The highest BCUT2D eigenvalue weighted by Crippen LogP contribution is 2.44. The number of hydrogen-bond acceptors (Lipinski definition) is 3. The average molecular weight is 670 g/mol. The van der Waals surface area contributed by atoms with Gasteiger partial charge in [0, 0.05) is 29.9 Å². The summed E-state index contributed by atoms with van der Waals surface area (Å²) in [5.74, 6) is 1.04. The summed E-state index contributed by atoms with van der Waals surface area (Å²) < 4.78 is 2.12. The van der Waals surface area contributed by atoms with Crippen molar-refractivity contribution in [3.8, 4) is 61.8 Å². The van der Waals surface area contributed by atoms with Crippen LogP contribution < -0.4 is 0 Å². The number of pyridine rings is 1. The Morgan fingerprint density at radius 3 is 1.94 bits per heavy atom. The van der Waals surface area contributed by atoms with E-state index in [0.29, 0.717) is 5.75 Å². The highest BCUT2D eigenvalue weighted by molar-refractivity contribution is 5.97. The second-order valence-corrected chi connectivity index (χ2v) is 15.9. The molecular formula is C47H47N3O. The molecule has 0 bridgehead atoms. The molecule has 7 aromatic rings. The van der Waals surface area contributed by atoms with Crippen LogP contribution in [0.15, 0.2) is 115 Å². The van der Waals surface area contributed by atoms with Crippen LogP contribution in [0, 0.1) is 13.8 Å². The van der Waals surface area contributed by atoms with Crippen molar-refractivity contribution < 1.29 is 5.11 Å². The first-order chi connectivity index (χ1) is 24.2. The zero-order chi connectivity index (χ0) is 36.2. The maximum Gasteiger partial charge on any atom is 0.144 e. The van der Waals surface area contributed by atoms with Crippen LogP contribution in [0.1, 0.15) is 63.8 Å². The van der Waals surface area contributed by atoms with E-state index in [1.54, 1.807) is 0 Å². The van der Waals surface area contributed by atoms with Gasteiger partial charge in [0.2, 0.25) is 0 Å². The Hall–Kier alpha value is -5.48. The Morgan fingerprint density at radius 2 is 1.25 bits per heavy atom. The summed E-state index contributed by atoms with van der Waals surface area (Å²) in [4.78, 5) is 10.2. The van der Waals surface area contributed by atoms with E-state index in [0.717, 1.165) is 67.1 Å². The van der Waals surface area contributed by atoms with Gasteiger partial charge in [-0.1, -0.05) is 108 Å². The lowest BCUT2D eigenvalue weighted by atomic mass is 9.79. The third-order valence-electron chi connectivity index (χ3n) is 10.1. The Kier molecular flexibility index (Phi) is 8.46. The molecule has 0 aliphatic carbocycles. The molecule has 7 rings (SSSR count). The summed E-state index contributed by atoms with van der Waals surface area (Å²) >= 11 is 0. The van der Waals surface area contributed by atoms with Gasteiger partial charge in [0.25, 0.3) is 0 Å². The van der Waals surface area contributed by atoms with Crippen molar-refractivity contribution in [2.75, 3.05) is 0 Å². The molecule has 0 fully saturated rings. The largest absolute Gasteiger partial charge is 0.507 e. The number of hydrogen-bond donors (Lipinski definition) is 1. The van der Waals surface area contributed by atoms with Gasteiger partial charge in [-0.25, -0.2) is 4.98 Å². The maximum absolute atomic E-state index is 11.8. The van der Waals surface area contributed by atoms with Gasteiger partial charge in [0.15, 0.2) is 0 Å². The van der Waals surface area contributed by atoms with Crippen LogP contribution in [0.3, 0.4) is 0 Å². The molecule has 0 spiro atoms. The minimum absolute atomic E-state index is 0.103. The Labute approximate surface area is 302 Å². The normalized spacial score (nSPS) is 12.1. The van der Waals surface area contributed by atoms with E-state index in [9.17, 15) is 5.11 Å². The molecule has 0 aliphatic rings. The molecule has 0 saturated carbocycles. The fourth-order valence-corrected chi connectivity index (χ4v) is 7.24. The predicted molar refractivity (Wildman–Crippen MR) is 214 cm³/mol. The van der Waals surface area contributed by atoms with E-state index in [4.69, 9.17) is 9.97 Å². The smallest absolute Gasteiger partial charge is 0.144 e. The molecule has 4 nitrogen and oxygen atoms in total. The summed E-state index contributed by atoms with van der Waals surface area (Å²) in [6.07, 6.45) is 1.90. The standard InChI is InChI=1S/C47H47N3O/c1-29-15-13-16-30(2)42(29)35-24-33(23-34(25-35)40-26-32(21-22-48-40)31-17-11-10-12-18-31)37-19-14-20-41-43(37)49-45(50(41)9)38-27-36(46(3,4)5)28-39(44(38)51)47(6,7)8/h10-28,51H,1-9H3. The first-order valence-corrected chi connectivity index (χ1v) is 17.8. The minimum Gasteiger partial charge on any atom is -0.507 e. The molecule has 5 aromatic carbocycles. The van der Waals surface area contributed by atoms with Crippen LogP contribution >= 0.6 is 0 Å². The van der Waals surface area contributed by atoms with E-state index in [1.165, 1.54) is 22.3 Å². The van der Waals surface area contributed by atoms with E-state index < -0.39 is 0 Å². The molecule has 0 radical (unpaired) electrons. The van der Waals surface area contributed by atoms with Gasteiger partial charge >= 0.3 is 0 Å². The van der Waals surface area contributed by atoms with Crippen molar-refractivity contribution in [1.29, 1.82) is 0 Å². The molecule has 0 saturated heterocycles. The number of para-hydroxylation sites is 1. The van der Waals surface area contributed by atoms with E-state index in [1.807, 2.05) is 19.3 Å². The van der Waals surface area contributed by atoms with Crippen LogP contribution in [0.4, 0.5) is 0 Å². The van der Waals surface area contributed by atoms with Crippen LogP contribution in [0.2, 0.25) is 0 Å². The molecule has 2 aromatic heterocycles. The summed E-state index contributed by atoms with van der Waals surface area (Å²) in [5.41, 5.74) is 15.6. The molecule has 2 heterocycles. The molecule has 256 valence electrons. The Balaban J connectivity index is 1.47. The molecule has 4 heteroatoms. The fourth-order valence-electron chi connectivity index (χ4n) is 7.24. The van der Waals surface area contributed by atoms with Crippen LogP contribution in [-0.2, 0) is 17.9 Å². The quantitative estimate of drug-likeness (QED) is 0.198. The molecular weight excluding hydrogens is 623 g/mol. The number of aromatic hydroxyl groups is 1. The third kappa shape index (κ3) is 6.36. The topological polar surface area (TPSA) is 50.9 Å². The summed E-state index contributed by atoms with van der Waals surface area (Å²) in [6, 6.07) is 38.6. The van der Waals surface area contributed by atoms with Crippen molar-refractivity contribution in [2.24, 2.45) is 7.05 Å². The number of aromatic nitrogens is 3. The van der Waals surface area contributed by atoms with Crippen LogP contribution in [0.5, 0.6) is 5.75 Å². The summed E-state index contributed by atoms with van der Waals surface area (Å²) in [7, 11) is 2.05. The number of phenolic OH excluding ortho intramolecular Hbond substituents is 1. The van der Waals surface area contributed by atoms with Crippen molar-refractivity contribution in [1.82, 2.24) is 14.5 Å². The molecule has 0 amide bonds. The first-order valence-electron chi connectivity index (χ1n) is 17.8. The molecule has 51 heavy (non-hydrogen) atoms. The van der Waals surface area contributed by atoms with E-state index >= 15 is 0 Å². The zero-order valence-corrected chi connectivity index (χ0v) is 31.3. The number of nitrogens with zero attached hydrogens (tertiary/aromatic N) is 3. The van der Waals surface area contributed by atoms with Crippen molar-refractivity contribution in [3.05, 3.63) is 138 Å². The Morgan fingerprint density at radius 1 is 0.588 bits per heavy atom. The summed E-state index contributed by atoms with van der Waals surface area (Å²) in [5, 5.41) is 11.8. The zero-order valence-electron chi connectivity index (χ0n) is 31.3. The monoisotopic (exact) mass is 669 g/mol. The lowest BCUT2D eigenvalue weighted by Gasteiger charge is -2.27. The number of benzene rings is 5. The van der Waals surface area contributed by atoms with Crippen LogP contribution in [-0.4, -0.2) is 19.6 Å². The SMILES string of the molecule is Cc1cccc(C)c1-c1cc(-c2cc(-c3ccccc3)ccn2)cc(-c2cccc3c2nc(-c2cc(C(C)(C)C)cc(C(C)(C)C)c2O)n3C)c1. The number of aryl methyl sites for hydroxylation is 3. The van der Waals surface area contributed by atoms with E-state index in [-0.39, 0.29) is 10.8 Å². The minimum atomic E-state index is -0.244. The number of rotatable bonds is 5. The number of fused-ring (bicyclic) bond motifs is 1. The summed E-state index contributed by atoms with van der Waals surface area (Å²) in [6.45, 7) is 17.5. The lowest BCUT2D eigenvalue weighted by Crippen LogP contribution is -2.17.